The molecule has 0 atom stereocenters. The second kappa shape index (κ2) is 8.39. The number of carbonyl (C=O) groups is 3. The van der Waals surface area contributed by atoms with Crippen molar-refractivity contribution >= 4 is 45.5 Å². The number of carbonyl (C=O) groups excluding carboxylic acids is 3. The number of nitrogens with one attached hydrogen (secondary N) is 2. The van der Waals surface area contributed by atoms with Crippen LogP contribution in [-0.4, -0.2) is 29.3 Å². The van der Waals surface area contributed by atoms with Crippen LogP contribution in [0.15, 0.2) is 24.3 Å². The quantitative estimate of drug-likeness (QED) is 0.404. The summed E-state index contributed by atoms with van der Waals surface area (Å²) in [6, 6.07) is 5.29. The van der Waals surface area contributed by atoms with E-state index < -0.39 is 23.4 Å². The molecule has 1 aliphatic carbocycles. The zero-order chi connectivity index (χ0) is 21.1. The SMILES string of the molecule is Cc1sc(NC(=O)C2CC2)c(C(=O)OCC(=O)Nc2ccc([N+](=O)[O-])cc2)c1C. The van der Waals surface area contributed by atoms with Crippen LogP contribution in [0.3, 0.4) is 0 Å². The van der Waals surface area contributed by atoms with E-state index in [1.54, 1.807) is 6.92 Å². The van der Waals surface area contributed by atoms with E-state index >= 15 is 0 Å². The Morgan fingerprint density at radius 3 is 2.41 bits per heavy atom. The number of thiophene rings is 1. The molecule has 9 nitrogen and oxygen atoms in total. The summed E-state index contributed by atoms with van der Waals surface area (Å²) in [6.45, 7) is 3.07. The van der Waals surface area contributed by atoms with Crippen molar-refractivity contribution in [2.75, 3.05) is 17.2 Å². The van der Waals surface area contributed by atoms with Gasteiger partial charge in [-0.3, -0.25) is 19.7 Å². The average Bonchev–Trinajstić information content (AvgIpc) is 3.48. The molecular formula is C19H19N3O6S. The minimum Gasteiger partial charge on any atom is -0.452 e. The molecule has 2 aromatic rings. The number of benzene rings is 1. The van der Waals surface area contributed by atoms with Crippen molar-refractivity contribution in [3.05, 3.63) is 50.4 Å². The van der Waals surface area contributed by atoms with Crippen LogP contribution in [0.25, 0.3) is 0 Å². The van der Waals surface area contributed by atoms with E-state index in [1.807, 2.05) is 6.92 Å². The molecule has 0 spiro atoms. The molecule has 0 saturated heterocycles. The van der Waals surface area contributed by atoms with Gasteiger partial charge < -0.3 is 15.4 Å². The van der Waals surface area contributed by atoms with Gasteiger partial charge in [0.1, 0.15) is 5.00 Å². The van der Waals surface area contributed by atoms with Crippen LogP contribution in [0.5, 0.6) is 0 Å². The van der Waals surface area contributed by atoms with Gasteiger partial charge in [0.2, 0.25) is 5.91 Å². The fourth-order valence-electron chi connectivity index (χ4n) is 2.59. The average molecular weight is 417 g/mol. The molecule has 29 heavy (non-hydrogen) atoms. The van der Waals surface area contributed by atoms with Gasteiger partial charge in [-0.25, -0.2) is 4.79 Å². The number of rotatable bonds is 7. The van der Waals surface area contributed by atoms with E-state index in [9.17, 15) is 24.5 Å². The fraction of sp³-hybridized carbons (Fsp3) is 0.316. The first kappa shape index (κ1) is 20.5. The smallest absolute Gasteiger partial charge is 0.341 e. The van der Waals surface area contributed by atoms with Crippen LogP contribution in [0, 0.1) is 29.9 Å². The van der Waals surface area contributed by atoms with E-state index in [-0.39, 0.29) is 23.1 Å². The van der Waals surface area contributed by atoms with Crippen LogP contribution in [0.2, 0.25) is 0 Å². The lowest BCUT2D eigenvalue weighted by atomic mass is 10.1. The van der Waals surface area contributed by atoms with Crippen LogP contribution in [0.4, 0.5) is 16.4 Å². The zero-order valence-corrected chi connectivity index (χ0v) is 16.6. The number of nitro benzene ring substituents is 1. The number of esters is 1. The molecule has 1 aromatic carbocycles. The Bertz CT molecular complexity index is 979. The molecule has 1 heterocycles. The molecule has 152 valence electrons. The van der Waals surface area contributed by atoms with Gasteiger partial charge in [-0.15, -0.1) is 11.3 Å². The van der Waals surface area contributed by atoms with Gasteiger partial charge in [-0.05, 0) is 44.4 Å². The second-order valence-corrected chi connectivity index (χ2v) is 7.90. The van der Waals surface area contributed by atoms with Crippen molar-refractivity contribution in [3.63, 3.8) is 0 Å². The topological polar surface area (TPSA) is 128 Å². The molecule has 1 aliphatic rings. The highest BCUT2D eigenvalue weighted by molar-refractivity contribution is 7.16. The van der Waals surface area contributed by atoms with E-state index in [4.69, 9.17) is 4.74 Å². The van der Waals surface area contributed by atoms with Crippen LogP contribution < -0.4 is 10.6 Å². The molecule has 10 heteroatoms. The number of ether oxygens (including phenoxy) is 1. The summed E-state index contributed by atoms with van der Waals surface area (Å²) in [5.41, 5.74) is 1.20. The Kier molecular flexibility index (Phi) is 5.92. The second-order valence-electron chi connectivity index (χ2n) is 6.68. The summed E-state index contributed by atoms with van der Waals surface area (Å²) in [6.07, 6.45) is 1.69. The predicted octanol–water partition coefficient (Wildman–Crippen LogP) is 3.42. The van der Waals surface area contributed by atoms with Crippen LogP contribution in [0.1, 0.15) is 33.6 Å². The summed E-state index contributed by atoms with van der Waals surface area (Å²) >= 11 is 1.29. The van der Waals surface area contributed by atoms with Gasteiger partial charge in [0.05, 0.1) is 10.5 Å². The third-order valence-corrected chi connectivity index (χ3v) is 5.59. The minimum atomic E-state index is -0.697. The van der Waals surface area contributed by atoms with Gasteiger partial charge in [0.15, 0.2) is 6.61 Å². The molecule has 3 rings (SSSR count). The number of hydrogen-bond acceptors (Lipinski definition) is 7. The van der Waals surface area contributed by atoms with E-state index in [0.29, 0.717) is 16.3 Å². The van der Waals surface area contributed by atoms with Gasteiger partial charge >= 0.3 is 5.97 Å². The summed E-state index contributed by atoms with van der Waals surface area (Å²) in [5, 5.41) is 16.4. The lowest BCUT2D eigenvalue weighted by molar-refractivity contribution is -0.384. The van der Waals surface area contributed by atoms with Crippen molar-refractivity contribution in [3.8, 4) is 0 Å². The zero-order valence-electron chi connectivity index (χ0n) is 15.8. The maximum absolute atomic E-state index is 12.5. The Balaban J connectivity index is 1.60. The summed E-state index contributed by atoms with van der Waals surface area (Å²) in [7, 11) is 0. The molecule has 0 radical (unpaired) electrons. The number of amides is 2. The summed E-state index contributed by atoms with van der Waals surface area (Å²) in [5.74, 6) is -1.40. The van der Waals surface area contributed by atoms with E-state index in [0.717, 1.165) is 17.7 Å². The molecule has 2 N–H and O–H groups in total. The minimum absolute atomic E-state index is 0.00550. The van der Waals surface area contributed by atoms with Crippen LogP contribution in [-0.2, 0) is 14.3 Å². The molecule has 1 fully saturated rings. The van der Waals surface area contributed by atoms with E-state index in [2.05, 4.69) is 10.6 Å². The first-order chi connectivity index (χ1) is 13.8. The van der Waals surface area contributed by atoms with Crippen molar-refractivity contribution in [2.24, 2.45) is 5.92 Å². The van der Waals surface area contributed by atoms with E-state index in [1.165, 1.54) is 35.6 Å². The maximum Gasteiger partial charge on any atom is 0.341 e. The van der Waals surface area contributed by atoms with Crippen molar-refractivity contribution in [2.45, 2.75) is 26.7 Å². The van der Waals surface area contributed by atoms with Crippen molar-refractivity contribution < 1.29 is 24.0 Å². The van der Waals surface area contributed by atoms with Crippen molar-refractivity contribution in [1.29, 1.82) is 0 Å². The maximum atomic E-state index is 12.5. The molecular weight excluding hydrogens is 398 g/mol. The number of hydrogen-bond donors (Lipinski definition) is 2. The Morgan fingerprint density at radius 1 is 1.17 bits per heavy atom. The highest BCUT2D eigenvalue weighted by Crippen LogP contribution is 2.36. The lowest BCUT2D eigenvalue weighted by Gasteiger charge is -2.09. The number of nitro groups is 1. The Labute approximate surface area is 170 Å². The lowest BCUT2D eigenvalue weighted by Crippen LogP contribution is -2.22. The molecule has 1 saturated carbocycles. The first-order valence-electron chi connectivity index (χ1n) is 8.88. The Morgan fingerprint density at radius 2 is 1.83 bits per heavy atom. The van der Waals surface area contributed by atoms with Crippen molar-refractivity contribution in [1.82, 2.24) is 0 Å². The molecule has 0 bridgehead atoms. The van der Waals surface area contributed by atoms with Gasteiger partial charge in [0.25, 0.3) is 11.6 Å². The monoisotopic (exact) mass is 417 g/mol. The highest BCUT2D eigenvalue weighted by Gasteiger charge is 2.31. The summed E-state index contributed by atoms with van der Waals surface area (Å²) < 4.78 is 5.11. The predicted molar refractivity (Wildman–Crippen MR) is 107 cm³/mol. The third kappa shape index (κ3) is 4.96. The number of nitrogens with zero attached hydrogens (tertiary/aromatic N) is 1. The first-order valence-corrected chi connectivity index (χ1v) is 9.70. The normalized spacial score (nSPS) is 12.9. The van der Waals surface area contributed by atoms with Gasteiger partial charge in [-0.1, -0.05) is 0 Å². The highest BCUT2D eigenvalue weighted by atomic mass is 32.1. The fourth-order valence-corrected chi connectivity index (χ4v) is 3.64. The standard InChI is InChI=1S/C19H19N3O6S/c1-10-11(2)29-18(21-17(24)12-3-4-12)16(10)19(25)28-9-15(23)20-13-5-7-14(8-6-13)22(26)27/h5-8,12H,3-4,9H2,1-2H3,(H,20,23)(H,21,24). The largest absolute Gasteiger partial charge is 0.452 e. The van der Waals surface area contributed by atoms with Gasteiger partial charge in [-0.2, -0.15) is 0 Å². The third-order valence-electron chi connectivity index (χ3n) is 4.47. The number of non-ortho nitro benzene ring substituents is 1. The van der Waals surface area contributed by atoms with Gasteiger partial charge in [0, 0.05) is 28.6 Å². The van der Waals surface area contributed by atoms with Crippen LogP contribution >= 0.6 is 11.3 Å². The summed E-state index contributed by atoms with van der Waals surface area (Å²) in [4.78, 5) is 47.6. The molecule has 0 aliphatic heterocycles. The Hall–Kier alpha value is -3.27. The molecule has 2 amide bonds. The number of aryl methyl sites for hydroxylation is 1. The number of anilines is 2. The molecule has 0 unspecified atom stereocenters. The molecule has 1 aromatic heterocycles.